The van der Waals surface area contributed by atoms with E-state index in [2.05, 4.69) is 6.92 Å². The van der Waals surface area contributed by atoms with Gasteiger partial charge in [0.25, 0.3) is 0 Å². The highest BCUT2D eigenvalue weighted by Crippen LogP contribution is 2.27. The van der Waals surface area contributed by atoms with Crippen molar-refractivity contribution < 1.29 is 13.9 Å². The number of ether oxygens (including phenoxy) is 1. The molecule has 100 valence electrons. The van der Waals surface area contributed by atoms with Gasteiger partial charge in [0, 0.05) is 5.02 Å². The zero-order valence-electron chi connectivity index (χ0n) is 10.7. The van der Waals surface area contributed by atoms with E-state index in [0.717, 1.165) is 19.3 Å². The standard InChI is InChI=1S/C14H18ClFO2/c1-3-4-5-6-13(14(17)18-2)10-7-11(15)9-12(16)8-10/h7-9,13H,3-6H2,1-2H3. The highest BCUT2D eigenvalue weighted by atomic mass is 35.5. The highest BCUT2D eigenvalue weighted by Gasteiger charge is 2.21. The molecule has 0 aliphatic rings. The van der Waals surface area contributed by atoms with E-state index in [4.69, 9.17) is 16.3 Å². The summed E-state index contributed by atoms with van der Waals surface area (Å²) in [6.45, 7) is 2.09. The SMILES string of the molecule is CCCCCC(C(=O)OC)c1cc(F)cc(Cl)c1. The summed E-state index contributed by atoms with van der Waals surface area (Å²) >= 11 is 5.81. The van der Waals surface area contributed by atoms with E-state index < -0.39 is 11.7 Å². The number of halogens is 2. The third kappa shape index (κ3) is 4.30. The van der Waals surface area contributed by atoms with Crippen LogP contribution < -0.4 is 0 Å². The molecule has 18 heavy (non-hydrogen) atoms. The lowest BCUT2D eigenvalue weighted by molar-refractivity contribution is -0.142. The van der Waals surface area contributed by atoms with E-state index in [9.17, 15) is 9.18 Å². The molecule has 0 bridgehead atoms. The van der Waals surface area contributed by atoms with Gasteiger partial charge in [-0.05, 0) is 30.2 Å². The second-order valence-electron chi connectivity index (χ2n) is 4.27. The van der Waals surface area contributed by atoms with Gasteiger partial charge in [0.05, 0.1) is 13.0 Å². The Kier molecular flexibility index (Phi) is 6.13. The molecule has 0 N–H and O–H groups in total. The number of unbranched alkanes of at least 4 members (excludes halogenated alkanes) is 2. The zero-order valence-corrected chi connectivity index (χ0v) is 11.5. The number of rotatable bonds is 6. The first-order valence-electron chi connectivity index (χ1n) is 6.12. The summed E-state index contributed by atoms with van der Waals surface area (Å²) in [7, 11) is 1.34. The van der Waals surface area contributed by atoms with Crippen LogP contribution >= 0.6 is 11.6 Å². The summed E-state index contributed by atoms with van der Waals surface area (Å²) in [5, 5.41) is 0.300. The van der Waals surface area contributed by atoms with Crippen LogP contribution in [0.25, 0.3) is 0 Å². The monoisotopic (exact) mass is 272 g/mol. The summed E-state index contributed by atoms with van der Waals surface area (Å²) in [6, 6.07) is 4.20. The summed E-state index contributed by atoms with van der Waals surface area (Å²) in [5.74, 6) is -1.20. The number of benzene rings is 1. The Labute approximate surface area is 112 Å². The van der Waals surface area contributed by atoms with Crippen molar-refractivity contribution in [3.63, 3.8) is 0 Å². The topological polar surface area (TPSA) is 26.3 Å². The normalized spacial score (nSPS) is 12.2. The average Bonchev–Trinajstić information content (AvgIpc) is 2.32. The van der Waals surface area contributed by atoms with E-state index in [1.165, 1.54) is 19.2 Å². The van der Waals surface area contributed by atoms with Gasteiger partial charge in [-0.1, -0.05) is 37.8 Å². The minimum Gasteiger partial charge on any atom is -0.469 e. The van der Waals surface area contributed by atoms with E-state index in [1.54, 1.807) is 6.07 Å². The molecule has 0 amide bonds. The molecule has 1 rings (SSSR count). The molecular weight excluding hydrogens is 255 g/mol. The third-order valence-corrected chi connectivity index (χ3v) is 3.09. The largest absolute Gasteiger partial charge is 0.469 e. The molecule has 1 aromatic rings. The maximum Gasteiger partial charge on any atom is 0.313 e. The van der Waals surface area contributed by atoms with Gasteiger partial charge in [0.1, 0.15) is 5.82 Å². The van der Waals surface area contributed by atoms with Gasteiger partial charge in [0.2, 0.25) is 0 Å². The summed E-state index contributed by atoms with van der Waals surface area (Å²) in [4.78, 5) is 11.7. The van der Waals surface area contributed by atoms with E-state index >= 15 is 0 Å². The minimum atomic E-state index is -0.435. The quantitative estimate of drug-likeness (QED) is 0.570. The number of hydrogen-bond acceptors (Lipinski definition) is 2. The van der Waals surface area contributed by atoms with Crippen molar-refractivity contribution in [3.05, 3.63) is 34.6 Å². The fraction of sp³-hybridized carbons (Fsp3) is 0.500. The number of carbonyl (C=O) groups is 1. The van der Waals surface area contributed by atoms with Crippen LogP contribution in [0.2, 0.25) is 5.02 Å². The molecule has 0 heterocycles. The van der Waals surface area contributed by atoms with Crippen LogP contribution in [0.3, 0.4) is 0 Å². The maximum atomic E-state index is 13.3. The first-order valence-corrected chi connectivity index (χ1v) is 6.50. The first kappa shape index (κ1) is 15.0. The van der Waals surface area contributed by atoms with Gasteiger partial charge < -0.3 is 4.74 Å². The Balaban J connectivity index is 2.90. The van der Waals surface area contributed by atoms with E-state index in [1.807, 2.05) is 0 Å². The number of carbonyl (C=O) groups excluding carboxylic acids is 1. The second kappa shape index (κ2) is 7.37. The van der Waals surface area contributed by atoms with Gasteiger partial charge in [-0.2, -0.15) is 0 Å². The van der Waals surface area contributed by atoms with Crippen molar-refractivity contribution >= 4 is 17.6 Å². The van der Waals surface area contributed by atoms with Crippen molar-refractivity contribution in [2.75, 3.05) is 7.11 Å². The van der Waals surface area contributed by atoms with E-state index in [0.29, 0.717) is 17.0 Å². The summed E-state index contributed by atoms with van der Waals surface area (Å²) < 4.78 is 18.1. The maximum absolute atomic E-state index is 13.3. The van der Waals surface area contributed by atoms with Gasteiger partial charge in [-0.25, -0.2) is 4.39 Å². The van der Waals surface area contributed by atoms with Crippen LogP contribution in [0, 0.1) is 5.82 Å². The predicted molar refractivity (Wildman–Crippen MR) is 70.3 cm³/mol. The minimum absolute atomic E-state index is 0.300. The molecule has 1 atom stereocenters. The van der Waals surface area contributed by atoms with Crippen LogP contribution in [-0.4, -0.2) is 13.1 Å². The molecule has 4 heteroatoms. The van der Waals surface area contributed by atoms with Crippen molar-refractivity contribution in [1.29, 1.82) is 0 Å². The third-order valence-electron chi connectivity index (χ3n) is 2.87. The fourth-order valence-electron chi connectivity index (χ4n) is 1.94. The summed E-state index contributed by atoms with van der Waals surface area (Å²) in [5.41, 5.74) is 0.586. The second-order valence-corrected chi connectivity index (χ2v) is 4.71. The van der Waals surface area contributed by atoms with Gasteiger partial charge >= 0.3 is 5.97 Å². The van der Waals surface area contributed by atoms with Crippen LogP contribution in [0.4, 0.5) is 4.39 Å². The zero-order chi connectivity index (χ0) is 13.5. The average molecular weight is 273 g/mol. The van der Waals surface area contributed by atoms with Crippen molar-refractivity contribution in [3.8, 4) is 0 Å². The smallest absolute Gasteiger partial charge is 0.313 e. The lowest BCUT2D eigenvalue weighted by Crippen LogP contribution is -2.14. The molecule has 0 saturated heterocycles. The molecule has 1 aromatic carbocycles. The van der Waals surface area contributed by atoms with Gasteiger partial charge in [-0.15, -0.1) is 0 Å². The number of hydrogen-bond donors (Lipinski definition) is 0. The molecule has 0 aromatic heterocycles. The van der Waals surface area contributed by atoms with Crippen LogP contribution in [0.5, 0.6) is 0 Å². The van der Waals surface area contributed by atoms with E-state index in [-0.39, 0.29) is 5.97 Å². The van der Waals surface area contributed by atoms with Crippen LogP contribution in [0.1, 0.15) is 44.1 Å². The van der Waals surface area contributed by atoms with Crippen LogP contribution in [0.15, 0.2) is 18.2 Å². The fourth-order valence-corrected chi connectivity index (χ4v) is 2.17. The molecule has 2 nitrogen and oxygen atoms in total. The Morgan fingerprint density at radius 3 is 2.67 bits per heavy atom. The lowest BCUT2D eigenvalue weighted by atomic mass is 9.93. The molecule has 0 aliphatic carbocycles. The number of esters is 1. The Bertz CT molecular complexity index is 387. The Morgan fingerprint density at radius 1 is 1.39 bits per heavy atom. The lowest BCUT2D eigenvalue weighted by Gasteiger charge is -2.15. The van der Waals surface area contributed by atoms with Crippen molar-refractivity contribution in [2.45, 2.75) is 38.5 Å². The molecule has 0 fully saturated rings. The highest BCUT2D eigenvalue weighted by molar-refractivity contribution is 6.30. The molecule has 0 radical (unpaired) electrons. The molecule has 0 spiro atoms. The van der Waals surface area contributed by atoms with Gasteiger partial charge in [-0.3, -0.25) is 4.79 Å². The van der Waals surface area contributed by atoms with Crippen molar-refractivity contribution in [1.82, 2.24) is 0 Å². The number of methoxy groups -OCH3 is 1. The Hall–Kier alpha value is -1.09. The molecule has 0 saturated carbocycles. The Morgan fingerprint density at radius 2 is 2.11 bits per heavy atom. The first-order chi connectivity index (χ1) is 8.58. The summed E-state index contributed by atoms with van der Waals surface area (Å²) in [6.07, 6.45) is 3.67. The molecular formula is C14H18ClFO2. The predicted octanol–water partition coefficient (Wildman–Crippen LogP) is 4.32. The van der Waals surface area contributed by atoms with Crippen LogP contribution in [-0.2, 0) is 9.53 Å². The van der Waals surface area contributed by atoms with Crippen molar-refractivity contribution in [2.24, 2.45) is 0 Å². The molecule has 1 unspecified atom stereocenters. The molecule has 0 aliphatic heterocycles. The van der Waals surface area contributed by atoms with Gasteiger partial charge in [0.15, 0.2) is 0 Å².